The van der Waals surface area contributed by atoms with E-state index in [2.05, 4.69) is 20.3 Å². The molecule has 7 heteroatoms. The molecule has 0 saturated heterocycles. The number of nitrogens with one attached hydrogen (secondary N) is 1. The van der Waals surface area contributed by atoms with Crippen molar-refractivity contribution in [3.63, 3.8) is 0 Å². The van der Waals surface area contributed by atoms with Crippen molar-refractivity contribution in [3.05, 3.63) is 33.5 Å². The Morgan fingerprint density at radius 3 is 2.82 bits per heavy atom. The molecule has 1 fully saturated rings. The molecule has 0 radical (unpaired) electrons. The predicted molar refractivity (Wildman–Crippen MR) is 86.4 cm³/mol. The molecular weight excluding hydrogens is 298 g/mol. The number of carbonyl (C=O) groups is 1. The summed E-state index contributed by atoms with van der Waals surface area (Å²) in [6, 6.07) is 1.69. The summed E-state index contributed by atoms with van der Waals surface area (Å²) in [5.74, 6) is 0.992. The van der Waals surface area contributed by atoms with Crippen molar-refractivity contribution in [3.8, 4) is 0 Å². The molecule has 1 aliphatic rings. The first-order chi connectivity index (χ1) is 10.5. The van der Waals surface area contributed by atoms with Crippen molar-refractivity contribution in [1.82, 2.24) is 20.3 Å². The number of nitrogens with zero attached hydrogens (tertiary/aromatic N) is 4. The second kappa shape index (κ2) is 6.00. The highest BCUT2D eigenvalue weighted by atomic mass is 32.1. The van der Waals surface area contributed by atoms with Crippen molar-refractivity contribution in [2.45, 2.75) is 32.2 Å². The Labute approximate surface area is 133 Å². The van der Waals surface area contributed by atoms with Gasteiger partial charge < -0.3 is 10.2 Å². The average molecular weight is 317 g/mol. The lowest BCUT2D eigenvalue weighted by molar-refractivity contribution is 0.0945. The number of aromatic nitrogens is 3. The van der Waals surface area contributed by atoms with Gasteiger partial charge in [0.25, 0.3) is 5.91 Å². The van der Waals surface area contributed by atoms with E-state index in [1.54, 1.807) is 22.3 Å². The first-order valence-electron chi connectivity index (χ1n) is 7.28. The number of amides is 1. The van der Waals surface area contributed by atoms with Crippen LogP contribution in [0.15, 0.2) is 11.4 Å². The summed E-state index contributed by atoms with van der Waals surface area (Å²) in [5.41, 5.74) is 2.07. The summed E-state index contributed by atoms with van der Waals surface area (Å²) in [4.78, 5) is 27.2. The van der Waals surface area contributed by atoms with Crippen LogP contribution in [0.4, 0.5) is 5.95 Å². The standard InChI is InChI=1S/C15H19N5OS/c1-9-6-12(19-15(17-9)20(2)3)13(21)16-7-11-8-22-14(18-11)10-4-5-10/h6,8,10H,4-5,7H2,1-3H3,(H,16,21). The summed E-state index contributed by atoms with van der Waals surface area (Å²) in [5, 5.41) is 6.09. The molecule has 22 heavy (non-hydrogen) atoms. The van der Waals surface area contributed by atoms with Crippen LogP contribution in [0.25, 0.3) is 0 Å². The van der Waals surface area contributed by atoms with Gasteiger partial charge in [0.2, 0.25) is 5.95 Å². The fourth-order valence-electron chi connectivity index (χ4n) is 2.05. The van der Waals surface area contributed by atoms with Crippen LogP contribution < -0.4 is 10.2 Å². The first kappa shape index (κ1) is 14.9. The first-order valence-corrected chi connectivity index (χ1v) is 8.16. The van der Waals surface area contributed by atoms with Gasteiger partial charge in [-0.1, -0.05) is 0 Å². The van der Waals surface area contributed by atoms with Crippen LogP contribution in [-0.4, -0.2) is 35.0 Å². The van der Waals surface area contributed by atoms with E-state index >= 15 is 0 Å². The highest BCUT2D eigenvalue weighted by Gasteiger charge is 2.26. The molecule has 1 N–H and O–H groups in total. The van der Waals surface area contributed by atoms with E-state index in [9.17, 15) is 4.79 Å². The maximum absolute atomic E-state index is 12.3. The monoisotopic (exact) mass is 317 g/mol. The van der Waals surface area contributed by atoms with E-state index in [0.29, 0.717) is 24.1 Å². The number of hydrogen-bond donors (Lipinski definition) is 1. The fourth-order valence-corrected chi connectivity index (χ4v) is 3.04. The third-order valence-electron chi connectivity index (χ3n) is 3.40. The van der Waals surface area contributed by atoms with E-state index in [1.807, 2.05) is 26.4 Å². The zero-order valence-corrected chi connectivity index (χ0v) is 13.8. The molecule has 1 saturated carbocycles. The molecule has 3 rings (SSSR count). The van der Waals surface area contributed by atoms with Gasteiger partial charge in [-0.15, -0.1) is 11.3 Å². The Bertz CT molecular complexity index is 693. The number of anilines is 1. The van der Waals surface area contributed by atoms with Gasteiger partial charge in [0.05, 0.1) is 17.2 Å². The van der Waals surface area contributed by atoms with Crippen LogP contribution in [0.3, 0.4) is 0 Å². The van der Waals surface area contributed by atoms with Crippen LogP contribution in [-0.2, 0) is 6.54 Å². The van der Waals surface area contributed by atoms with Gasteiger partial charge in [0.1, 0.15) is 5.69 Å². The molecular formula is C15H19N5OS. The van der Waals surface area contributed by atoms with Crippen LogP contribution in [0.5, 0.6) is 0 Å². The SMILES string of the molecule is Cc1cc(C(=O)NCc2csc(C3CC3)n2)nc(N(C)C)n1. The zero-order valence-electron chi connectivity index (χ0n) is 13.0. The molecule has 0 unspecified atom stereocenters. The van der Waals surface area contributed by atoms with Gasteiger partial charge in [-0.05, 0) is 25.8 Å². The quantitative estimate of drug-likeness (QED) is 0.914. The normalized spacial score (nSPS) is 14.0. The lowest BCUT2D eigenvalue weighted by Crippen LogP contribution is -2.25. The van der Waals surface area contributed by atoms with E-state index in [1.165, 1.54) is 17.8 Å². The largest absolute Gasteiger partial charge is 0.347 e. The second-order valence-electron chi connectivity index (χ2n) is 5.72. The molecule has 0 atom stereocenters. The number of carbonyl (C=O) groups excluding carboxylic acids is 1. The topological polar surface area (TPSA) is 71.0 Å². The highest BCUT2D eigenvalue weighted by Crippen LogP contribution is 2.41. The van der Waals surface area contributed by atoms with E-state index in [4.69, 9.17) is 0 Å². The lowest BCUT2D eigenvalue weighted by atomic mass is 10.3. The Morgan fingerprint density at radius 2 is 2.14 bits per heavy atom. The minimum atomic E-state index is -0.199. The smallest absolute Gasteiger partial charge is 0.270 e. The van der Waals surface area contributed by atoms with Gasteiger partial charge in [0, 0.05) is 31.1 Å². The van der Waals surface area contributed by atoms with Gasteiger partial charge in [-0.25, -0.2) is 15.0 Å². The number of thiazole rings is 1. The minimum absolute atomic E-state index is 0.199. The van der Waals surface area contributed by atoms with Gasteiger partial charge in [-0.3, -0.25) is 4.79 Å². The molecule has 6 nitrogen and oxygen atoms in total. The van der Waals surface area contributed by atoms with Crippen LogP contribution in [0, 0.1) is 6.92 Å². The van der Waals surface area contributed by atoms with E-state index in [-0.39, 0.29) is 5.91 Å². The summed E-state index contributed by atoms with van der Waals surface area (Å²) >= 11 is 1.68. The van der Waals surface area contributed by atoms with Crippen LogP contribution in [0.1, 0.15) is 45.6 Å². The Morgan fingerprint density at radius 1 is 1.36 bits per heavy atom. The molecule has 2 aromatic rings. The van der Waals surface area contributed by atoms with Gasteiger partial charge in [-0.2, -0.15) is 0 Å². The van der Waals surface area contributed by atoms with Crippen molar-refractivity contribution in [1.29, 1.82) is 0 Å². The number of rotatable bonds is 5. The van der Waals surface area contributed by atoms with Crippen molar-refractivity contribution < 1.29 is 4.79 Å². The molecule has 0 spiro atoms. The molecule has 116 valence electrons. The maximum Gasteiger partial charge on any atom is 0.270 e. The summed E-state index contributed by atoms with van der Waals surface area (Å²) in [7, 11) is 3.70. The minimum Gasteiger partial charge on any atom is -0.347 e. The lowest BCUT2D eigenvalue weighted by Gasteiger charge is -2.12. The fraction of sp³-hybridized carbons (Fsp3) is 0.467. The van der Waals surface area contributed by atoms with Gasteiger partial charge >= 0.3 is 0 Å². The number of aryl methyl sites for hydroxylation is 1. The van der Waals surface area contributed by atoms with Crippen molar-refractivity contribution in [2.24, 2.45) is 0 Å². The summed E-state index contributed by atoms with van der Waals surface area (Å²) < 4.78 is 0. The van der Waals surface area contributed by atoms with E-state index < -0.39 is 0 Å². The van der Waals surface area contributed by atoms with E-state index in [0.717, 1.165) is 11.4 Å². The number of hydrogen-bond acceptors (Lipinski definition) is 6. The van der Waals surface area contributed by atoms with Crippen molar-refractivity contribution >= 4 is 23.2 Å². The third-order valence-corrected chi connectivity index (χ3v) is 4.46. The summed E-state index contributed by atoms with van der Waals surface area (Å²) in [6.07, 6.45) is 2.49. The predicted octanol–water partition coefficient (Wildman–Crippen LogP) is 2.11. The van der Waals surface area contributed by atoms with Crippen LogP contribution in [0.2, 0.25) is 0 Å². The second-order valence-corrected chi connectivity index (χ2v) is 6.61. The molecule has 0 bridgehead atoms. The third kappa shape index (κ3) is 3.41. The average Bonchev–Trinajstić information content (AvgIpc) is 3.23. The molecule has 2 heterocycles. The maximum atomic E-state index is 12.3. The Hall–Kier alpha value is -2.02. The Kier molecular flexibility index (Phi) is 4.06. The zero-order chi connectivity index (χ0) is 15.7. The van der Waals surface area contributed by atoms with Crippen molar-refractivity contribution in [2.75, 3.05) is 19.0 Å². The highest BCUT2D eigenvalue weighted by molar-refractivity contribution is 7.09. The van der Waals surface area contributed by atoms with Crippen LogP contribution >= 0.6 is 11.3 Å². The molecule has 0 aromatic carbocycles. The summed E-state index contributed by atoms with van der Waals surface area (Å²) in [6.45, 7) is 2.29. The molecule has 1 amide bonds. The molecule has 1 aliphatic carbocycles. The Balaban J connectivity index is 1.65. The molecule has 2 aromatic heterocycles. The van der Waals surface area contributed by atoms with Gasteiger partial charge in [0.15, 0.2) is 0 Å². The molecule has 0 aliphatic heterocycles.